The van der Waals surface area contributed by atoms with E-state index in [0.29, 0.717) is 26.2 Å². The highest BCUT2D eigenvalue weighted by Crippen LogP contribution is 2.34. The van der Waals surface area contributed by atoms with Gasteiger partial charge in [-0.05, 0) is 38.2 Å². The highest BCUT2D eigenvalue weighted by Gasteiger charge is 2.33. The molecule has 0 amide bonds. The quantitative estimate of drug-likeness (QED) is 0.297. The summed E-state index contributed by atoms with van der Waals surface area (Å²) in [6.45, 7) is 8.15. The van der Waals surface area contributed by atoms with E-state index in [0.717, 1.165) is 13.0 Å². The van der Waals surface area contributed by atoms with E-state index in [2.05, 4.69) is 19.1 Å². The topological polar surface area (TPSA) is 77.5 Å². The van der Waals surface area contributed by atoms with Crippen molar-refractivity contribution in [1.29, 1.82) is 0 Å². The molecule has 0 radical (unpaired) electrons. The zero-order valence-electron chi connectivity index (χ0n) is 17.3. The fourth-order valence-corrected chi connectivity index (χ4v) is 3.05. The Bertz CT molecular complexity index is 570. The zero-order valence-corrected chi connectivity index (χ0v) is 17.3. The summed E-state index contributed by atoms with van der Waals surface area (Å²) in [5, 5.41) is 9.96. The molecule has 2 rings (SSSR count). The standard InChI is InChI=1S/C22H34O6/c1-4-17(18-8-6-5-7-9-18)12-22(2,3)21(24)28-14-19(23)13-25-10-11-26-15-20-16-27-20/h5-9,17,19-20,23H,4,10-16H2,1-3H3. The smallest absolute Gasteiger partial charge is 0.311 e. The van der Waals surface area contributed by atoms with Crippen LogP contribution in [0.3, 0.4) is 0 Å². The van der Waals surface area contributed by atoms with E-state index in [1.54, 1.807) is 0 Å². The molecule has 3 unspecified atom stereocenters. The fourth-order valence-electron chi connectivity index (χ4n) is 3.05. The summed E-state index contributed by atoms with van der Waals surface area (Å²) >= 11 is 0. The highest BCUT2D eigenvalue weighted by molar-refractivity contribution is 5.76. The van der Waals surface area contributed by atoms with Gasteiger partial charge in [0.2, 0.25) is 0 Å². The lowest BCUT2D eigenvalue weighted by Gasteiger charge is -2.28. The van der Waals surface area contributed by atoms with E-state index in [1.165, 1.54) is 5.56 Å². The van der Waals surface area contributed by atoms with E-state index < -0.39 is 11.5 Å². The molecule has 1 fully saturated rings. The summed E-state index contributed by atoms with van der Waals surface area (Å²) in [5.74, 6) is -0.00764. The summed E-state index contributed by atoms with van der Waals surface area (Å²) in [6.07, 6.45) is 1.04. The van der Waals surface area contributed by atoms with Gasteiger partial charge >= 0.3 is 5.97 Å². The molecule has 1 aromatic carbocycles. The molecule has 1 N–H and O–H groups in total. The molecule has 28 heavy (non-hydrogen) atoms. The second kappa shape index (κ2) is 11.5. The molecule has 0 saturated carbocycles. The molecule has 6 heteroatoms. The average molecular weight is 395 g/mol. The van der Waals surface area contributed by atoms with Gasteiger partial charge in [-0.25, -0.2) is 0 Å². The van der Waals surface area contributed by atoms with Crippen molar-refractivity contribution in [3.05, 3.63) is 35.9 Å². The third-order valence-electron chi connectivity index (χ3n) is 4.87. The Morgan fingerprint density at radius 1 is 1.21 bits per heavy atom. The SMILES string of the molecule is CCC(CC(C)(C)C(=O)OCC(O)COCCOCC1CO1)c1ccccc1. The Hall–Kier alpha value is -1.47. The van der Waals surface area contributed by atoms with Crippen LogP contribution in [0, 0.1) is 5.41 Å². The highest BCUT2D eigenvalue weighted by atomic mass is 16.6. The Kier molecular flexibility index (Phi) is 9.38. The van der Waals surface area contributed by atoms with Crippen LogP contribution in [-0.4, -0.2) is 62.9 Å². The van der Waals surface area contributed by atoms with Crippen molar-refractivity contribution in [2.24, 2.45) is 5.41 Å². The van der Waals surface area contributed by atoms with Crippen LogP contribution < -0.4 is 0 Å². The van der Waals surface area contributed by atoms with Gasteiger partial charge in [0, 0.05) is 0 Å². The lowest BCUT2D eigenvalue weighted by Crippen LogP contribution is -2.32. The average Bonchev–Trinajstić information content (AvgIpc) is 3.52. The van der Waals surface area contributed by atoms with Gasteiger partial charge in [-0.1, -0.05) is 37.3 Å². The first kappa shape index (κ1) is 22.8. The second-order valence-electron chi connectivity index (χ2n) is 7.96. The maximum absolute atomic E-state index is 12.5. The molecule has 1 heterocycles. The van der Waals surface area contributed by atoms with Crippen molar-refractivity contribution in [3.63, 3.8) is 0 Å². The first-order chi connectivity index (χ1) is 13.4. The van der Waals surface area contributed by atoms with Crippen molar-refractivity contribution in [1.82, 2.24) is 0 Å². The number of carbonyl (C=O) groups excluding carboxylic acids is 1. The second-order valence-corrected chi connectivity index (χ2v) is 7.96. The molecular formula is C22H34O6. The molecule has 1 aromatic rings. The molecule has 1 aliphatic heterocycles. The number of hydrogen-bond acceptors (Lipinski definition) is 6. The lowest BCUT2D eigenvalue weighted by molar-refractivity contribution is -0.158. The molecular weight excluding hydrogens is 360 g/mol. The number of carbonyl (C=O) groups is 1. The molecule has 0 bridgehead atoms. The maximum atomic E-state index is 12.5. The number of hydrogen-bond donors (Lipinski definition) is 1. The van der Waals surface area contributed by atoms with Crippen LogP contribution >= 0.6 is 0 Å². The van der Waals surface area contributed by atoms with Crippen molar-refractivity contribution >= 4 is 5.97 Å². The molecule has 0 aliphatic carbocycles. The van der Waals surface area contributed by atoms with E-state index in [4.69, 9.17) is 18.9 Å². The van der Waals surface area contributed by atoms with Gasteiger partial charge in [-0.3, -0.25) is 4.79 Å². The van der Waals surface area contributed by atoms with Crippen molar-refractivity contribution in [3.8, 4) is 0 Å². The molecule has 158 valence electrons. The first-order valence-corrected chi connectivity index (χ1v) is 10.1. The predicted octanol–water partition coefficient (Wildman–Crippen LogP) is 2.93. The largest absolute Gasteiger partial charge is 0.462 e. The molecule has 6 nitrogen and oxygen atoms in total. The van der Waals surface area contributed by atoms with Crippen LogP contribution in [-0.2, 0) is 23.7 Å². The third kappa shape index (κ3) is 8.27. The predicted molar refractivity (Wildman–Crippen MR) is 106 cm³/mol. The van der Waals surface area contributed by atoms with Gasteiger partial charge in [0.1, 0.15) is 18.8 Å². The normalized spacial score (nSPS) is 18.5. The minimum Gasteiger partial charge on any atom is -0.462 e. The van der Waals surface area contributed by atoms with Crippen molar-refractivity contribution < 1.29 is 28.8 Å². The van der Waals surface area contributed by atoms with Crippen LogP contribution in [0.2, 0.25) is 0 Å². The lowest BCUT2D eigenvalue weighted by atomic mass is 9.79. The van der Waals surface area contributed by atoms with Crippen LogP contribution in [0.1, 0.15) is 45.1 Å². The summed E-state index contributed by atoms with van der Waals surface area (Å²) in [6, 6.07) is 10.2. The fraction of sp³-hybridized carbons (Fsp3) is 0.682. The number of esters is 1. The zero-order chi connectivity index (χ0) is 20.4. The number of epoxide rings is 1. The van der Waals surface area contributed by atoms with E-state index in [9.17, 15) is 9.90 Å². The minimum absolute atomic E-state index is 0.0683. The van der Waals surface area contributed by atoms with Crippen LogP contribution in [0.4, 0.5) is 0 Å². The molecule has 0 aromatic heterocycles. The summed E-state index contributed by atoms with van der Waals surface area (Å²) < 4.78 is 21.1. The third-order valence-corrected chi connectivity index (χ3v) is 4.87. The minimum atomic E-state index is -0.845. The monoisotopic (exact) mass is 394 g/mol. The number of ether oxygens (including phenoxy) is 4. The van der Waals surface area contributed by atoms with Gasteiger partial charge in [0.15, 0.2) is 0 Å². The number of aliphatic hydroxyl groups excluding tert-OH is 1. The Balaban J connectivity index is 1.65. The molecule has 0 spiro atoms. The van der Waals surface area contributed by atoms with Gasteiger partial charge < -0.3 is 24.1 Å². The van der Waals surface area contributed by atoms with Crippen molar-refractivity contribution in [2.45, 2.75) is 51.7 Å². The van der Waals surface area contributed by atoms with Gasteiger partial charge in [-0.15, -0.1) is 0 Å². The number of aliphatic hydroxyl groups is 1. The Labute approximate surface area is 168 Å². The summed E-state index contributed by atoms with van der Waals surface area (Å²) in [4.78, 5) is 12.5. The first-order valence-electron chi connectivity index (χ1n) is 10.1. The molecule has 3 atom stereocenters. The van der Waals surface area contributed by atoms with E-state index >= 15 is 0 Å². The van der Waals surface area contributed by atoms with Gasteiger partial charge in [0.25, 0.3) is 0 Å². The van der Waals surface area contributed by atoms with Gasteiger partial charge in [0.05, 0.1) is 38.4 Å². The van der Waals surface area contributed by atoms with Crippen LogP contribution in [0.25, 0.3) is 0 Å². The molecule has 1 saturated heterocycles. The van der Waals surface area contributed by atoms with Crippen molar-refractivity contribution in [2.75, 3.05) is 39.6 Å². The molecule has 1 aliphatic rings. The summed E-state index contributed by atoms with van der Waals surface area (Å²) in [5.41, 5.74) is 0.602. The van der Waals surface area contributed by atoms with E-state index in [-0.39, 0.29) is 31.2 Å². The van der Waals surface area contributed by atoms with Gasteiger partial charge in [-0.2, -0.15) is 0 Å². The Morgan fingerprint density at radius 3 is 2.54 bits per heavy atom. The number of benzene rings is 1. The van der Waals surface area contributed by atoms with Crippen LogP contribution in [0.15, 0.2) is 30.3 Å². The summed E-state index contributed by atoms with van der Waals surface area (Å²) in [7, 11) is 0. The van der Waals surface area contributed by atoms with Crippen LogP contribution in [0.5, 0.6) is 0 Å². The number of rotatable bonds is 14. The van der Waals surface area contributed by atoms with E-state index in [1.807, 2.05) is 32.0 Å². The maximum Gasteiger partial charge on any atom is 0.311 e. The Morgan fingerprint density at radius 2 is 1.89 bits per heavy atom.